The van der Waals surface area contributed by atoms with Crippen molar-refractivity contribution in [1.29, 1.82) is 0 Å². The van der Waals surface area contributed by atoms with Gasteiger partial charge in [-0.15, -0.1) is 0 Å². The van der Waals surface area contributed by atoms with Gasteiger partial charge >= 0.3 is 0 Å². The highest BCUT2D eigenvalue weighted by Crippen LogP contribution is 2.28. The first-order valence-corrected chi connectivity index (χ1v) is 12.1. The average molecular weight is 456 g/mol. The van der Waals surface area contributed by atoms with Crippen LogP contribution in [0.3, 0.4) is 0 Å². The maximum Gasteiger partial charge on any atom is 0.259 e. The van der Waals surface area contributed by atoms with Gasteiger partial charge < -0.3 is 19.6 Å². The summed E-state index contributed by atoms with van der Waals surface area (Å²) in [6.07, 6.45) is 7.66. The molecule has 7 nitrogen and oxygen atoms in total. The molecule has 1 saturated carbocycles. The lowest BCUT2D eigenvalue weighted by Crippen LogP contribution is -2.50. The van der Waals surface area contributed by atoms with Crippen LogP contribution in [0.5, 0.6) is 5.88 Å². The van der Waals surface area contributed by atoms with E-state index in [0.717, 1.165) is 6.42 Å². The fourth-order valence-corrected chi connectivity index (χ4v) is 4.54. The number of aliphatic hydroxyl groups excluding tert-OH is 1. The van der Waals surface area contributed by atoms with Crippen LogP contribution in [-0.2, 0) is 4.79 Å². The molecule has 1 N–H and O–H groups in total. The van der Waals surface area contributed by atoms with Crippen LogP contribution < -0.4 is 4.74 Å². The highest BCUT2D eigenvalue weighted by molar-refractivity contribution is 5.97. The minimum atomic E-state index is -0.348. The van der Waals surface area contributed by atoms with Gasteiger partial charge in [0.2, 0.25) is 11.8 Å². The molecule has 33 heavy (non-hydrogen) atoms. The van der Waals surface area contributed by atoms with Crippen LogP contribution in [0.25, 0.3) is 0 Å². The zero-order valence-corrected chi connectivity index (χ0v) is 20.3. The van der Waals surface area contributed by atoms with E-state index in [0.29, 0.717) is 36.6 Å². The van der Waals surface area contributed by atoms with Crippen molar-refractivity contribution in [3.63, 3.8) is 0 Å². The summed E-state index contributed by atoms with van der Waals surface area (Å²) in [7, 11) is 1.76. The van der Waals surface area contributed by atoms with Gasteiger partial charge in [-0.1, -0.05) is 38.5 Å². The lowest BCUT2D eigenvalue weighted by atomic mass is 9.99. The summed E-state index contributed by atoms with van der Waals surface area (Å²) in [5.41, 5.74) is 1.04. The number of fused-ring (bicyclic) bond motifs is 1. The number of carbonyl (C=O) groups excluding carboxylic acids is 2. The van der Waals surface area contributed by atoms with Crippen molar-refractivity contribution in [3.05, 3.63) is 23.4 Å². The normalized spacial score (nSPS) is 21.8. The Balaban J connectivity index is 1.90. The SMILES string of the molecule is CCC(=O)N(C)C[C@H]1Oc2ncc(C#CCC3CCCC3)cc2C(=O)N([C@H](C)CO)C[C@@H]1C. The Labute approximate surface area is 197 Å². The zero-order valence-electron chi connectivity index (χ0n) is 20.3. The topological polar surface area (TPSA) is 83.0 Å². The lowest BCUT2D eigenvalue weighted by Gasteiger charge is -2.37. The van der Waals surface area contributed by atoms with Crippen LogP contribution in [0.2, 0.25) is 0 Å². The molecule has 0 saturated heterocycles. The summed E-state index contributed by atoms with van der Waals surface area (Å²) < 4.78 is 6.22. The number of hydrogen-bond donors (Lipinski definition) is 1. The Bertz CT molecular complexity index is 901. The molecule has 2 amide bonds. The largest absolute Gasteiger partial charge is 0.472 e. The summed E-state index contributed by atoms with van der Waals surface area (Å²) in [5.74, 6) is 7.11. The van der Waals surface area contributed by atoms with Crippen molar-refractivity contribution in [2.24, 2.45) is 11.8 Å². The summed E-state index contributed by atoms with van der Waals surface area (Å²) >= 11 is 0. The molecular weight excluding hydrogens is 418 g/mol. The van der Waals surface area contributed by atoms with Crippen molar-refractivity contribution in [2.75, 3.05) is 26.7 Å². The van der Waals surface area contributed by atoms with Crippen LogP contribution >= 0.6 is 0 Å². The smallest absolute Gasteiger partial charge is 0.259 e. The van der Waals surface area contributed by atoms with E-state index < -0.39 is 0 Å². The first-order valence-electron chi connectivity index (χ1n) is 12.1. The third-order valence-corrected chi connectivity index (χ3v) is 6.80. The Morgan fingerprint density at radius 2 is 2.12 bits per heavy atom. The lowest BCUT2D eigenvalue weighted by molar-refractivity contribution is -0.131. The summed E-state index contributed by atoms with van der Waals surface area (Å²) in [5, 5.41) is 9.78. The Morgan fingerprint density at radius 1 is 1.39 bits per heavy atom. The molecule has 3 rings (SSSR count). The van der Waals surface area contributed by atoms with E-state index in [1.54, 1.807) is 29.1 Å². The van der Waals surface area contributed by atoms with Gasteiger partial charge in [-0.05, 0) is 31.7 Å². The van der Waals surface area contributed by atoms with E-state index >= 15 is 0 Å². The molecule has 180 valence electrons. The number of aliphatic hydroxyl groups is 1. The van der Waals surface area contributed by atoms with Gasteiger partial charge in [-0.2, -0.15) is 0 Å². The molecule has 1 aromatic rings. The number of amides is 2. The number of nitrogens with zero attached hydrogens (tertiary/aromatic N) is 3. The molecule has 0 bridgehead atoms. The quantitative estimate of drug-likeness (QED) is 0.667. The predicted octanol–water partition coefficient (Wildman–Crippen LogP) is 3.10. The predicted molar refractivity (Wildman–Crippen MR) is 127 cm³/mol. The number of likely N-dealkylation sites (N-methyl/N-ethyl adjacent to an activating group) is 1. The van der Waals surface area contributed by atoms with Gasteiger partial charge in [0.15, 0.2) is 0 Å². The number of hydrogen-bond acceptors (Lipinski definition) is 5. The molecule has 0 spiro atoms. The number of pyridine rings is 1. The first kappa shape index (κ1) is 25.0. The van der Waals surface area contributed by atoms with E-state index in [4.69, 9.17) is 4.74 Å². The zero-order chi connectivity index (χ0) is 24.0. The highest BCUT2D eigenvalue weighted by atomic mass is 16.5. The minimum Gasteiger partial charge on any atom is -0.472 e. The van der Waals surface area contributed by atoms with Gasteiger partial charge in [0.25, 0.3) is 5.91 Å². The maximum atomic E-state index is 13.4. The van der Waals surface area contributed by atoms with Gasteiger partial charge in [0.05, 0.1) is 19.2 Å². The molecule has 2 heterocycles. The number of aromatic nitrogens is 1. The van der Waals surface area contributed by atoms with Crippen LogP contribution in [0, 0.1) is 23.7 Å². The molecule has 1 fully saturated rings. The molecular formula is C26H37N3O4. The number of carbonyl (C=O) groups is 2. The van der Waals surface area contributed by atoms with Gasteiger partial charge in [-0.25, -0.2) is 4.98 Å². The van der Waals surface area contributed by atoms with E-state index in [1.807, 2.05) is 20.8 Å². The Hall–Kier alpha value is -2.59. The fourth-order valence-electron chi connectivity index (χ4n) is 4.54. The number of ether oxygens (including phenoxy) is 1. The molecule has 0 radical (unpaired) electrons. The monoisotopic (exact) mass is 455 g/mol. The van der Waals surface area contributed by atoms with Crippen LogP contribution in [0.1, 0.15) is 75.2 Å². The van der Waals surface area contributed by atoms with Gasteiger partial charge in [-0.3, -0.25) is 9.59 Å². The van der Waals surface area contributed by atoms with Crippen molar-refractivity contribution in [1.82, 2.24) is 14.8 Å². The molecule has 1 aromatic heterocycles. The van der Waals surface area contributed by atoms with E-state index in [2.05, 4.69) is 16.8 Å². The van der Waals surface area contributed by atoms with E-state index in [1.165, 1.54) is 25.7 Å². The third-order valence-electron chi connectivity index (χ3n) is 6.80. The summed E-state index contributed by atoms with van der Waals surface area (Å²) in [4.78, 5) is 33.4. The van der Waals surface area contributed by atoms with Crippen molar-refractivity contribution >= 4 is 11.8 Å². The van der Waals surface area contributed by atoms with E-state index in [-0.39, 0.29) is 42.4 Å². The second kappa shape index (κ2) is 11.5. The third kappa shape index (κ3) is 6.26. The van der Waals surface area contributed by atoms with Crippen molar-refractivity contribution in [3.8, 4) is 17.7 Å². The standard InChI is InChI=1S/C26H37N3O4/c1-5-24(31)28(4)16-23-18(2)15-29(19(3)17-30)26(32)22-13-21(14-27-25(22)33-23)12-8-11-20-9-6-7-10-20/h13-14,18-20,23,30H,5-7,9-11,15-17H2,1-4H3/t18-,19+,23+/m0/s1. The average Bonchev–Trinajstić information content (AvgIpc) is 3.34. The minimum absolute atomic E-state index is 0.0329. The van der Waals surface area contributed by atoms with Crippen LogP contribution in [-0.4, -0.2) is 70.6 Å². The first-order chi connectivity index (χ1) is 15.8. The van der Waals surface area contributed by atoms with Crippen LogP contribution in [0.15, 0.2) is 12.3 Å². The number of rotatable bonds is 6. The van der Waals surface area contributed by atoms with Crippen molar-refractivity contribution < 1.29 is 19.4 Å². The second-order valence-corrected chi connectivity index (χ2v) is 9.48. The molecule has 3 atom stereocenters. The molecule has 0 aromatic carbocycles. The summed E-state index contributed by atoms with van der Waals surface area (Å²) in [6.45, 7) is 6.32. The summed E-state index contributed by atoms with van der Waals surface area (Å²) in [6, 6.07) is 1.40. The Morgan fingerprint density at radius 3 is 2.79 bits per heavy atom. The second-order valence-electron chi connectivity index (χ2n) is 9.48. The van der Waals surface area contributed by atoms with Crippen molar-refractivity contribution in [2.45, 2.75) is 71.4 Å². The van der Waals surface area contributed by atoms with Crippen LogP contribution in [0.4, 0.5) is 0 Å². The maximum absolute atomic E-state index is 13.4. The Kier molecular flexibility index (Phi) is 8.74. The molecule has 7 heteroatoms. The molecule has 1 aliphatic heterocycles. The van der Waals surface area contributed by atoms with E-state index in [9.17, 15) is 14.7 Å². The van der Waals surface area contributed by atoms with Gasteiger partial charge in [0.1, 0.15) is 11.7 Å². The fraction of sp³-hybridized carbons (Fsp3) is 0.654. The highest BCUT2D eigenvalue weighted by Gasteiger charge is 2.34. The molecule has 2 aliphatic rings. The molecule has 1 aliphatic carbocycles. The molecule has 0 unspecified atom stereocenters. The van der Waals surface area contributed by atoms with Gasteiger partial charge in [0, 0.05) is 44.1 Å².